The van der Waals surface area contributed by atoms with Crippen molar-refractivity contribution in [2.24, 2.45) is 0 Å². The molecule has 4 heterocycles. The second kappa shape index (κ2) is 57.8. The van der Waals surface area contributed by atoms with Gasteiger partial charge in [0.2, 0.25) is 0 Å². The molecular formula is C86H124N4O29S8. The Morgan fingerprint density at radius 1 is 0.441 bits per heavy atom. The van der Waals surface area contributed by atoms with Gasteiger partial charge in [-0.2, -0.15) is 75.9 Å². The topological polar surface area (TPSA) is 499 Å². The minimum atomic E-state index is -4.67. The number of carbonyl (C=O) groups excluding carboxylic acids is 4. The van der Waals surface area contributed by atoms with Crippen LogP contribution >= 0.6 is 90.2 Å². The van der Waals surface area contributed by atoms with Crippen molar-refractivity contribution in [3.8, 4) is 0 Å². The lowest BCUT2D eigenvalue weighted by Crippen LogP contribution is -2.52. The fourth-order valence-corrected chi connectivity index (χ4v) is 13.0. The first kappa shape index (κ1) is 124. The van der Waals surface area contributed by atoms with Gasteiger partial charge in [-0.05, 0) is 177 Å². The highest BCUT2D eigenvalue weighted by Crippen LogP contribution is 2.34. The van der Waals surface area contributed by atoms with E-state index in [1.54, 1.807) is 103 Å². The molecule has 0 aliphatic rings. The average molecular weight is 1930 g/mol. The number of hydrogen-bond acceptors (Lipinski definition) is 26. The van der Waals surface area contributed by atoms with Gasteiger partial charge >= 0.3 is 63.6 Å². The molecule has 0 aliphatic heterocycles. The molecule has 9 rings (SSSR count). The van der Waals surface area contributed by atoms with Gasteiger partial charge in [-0.3, -0.25) is 28.2 Å². The van der Waals surface area contributed by atoms with Crippen LogP contribution in [0.1, 0.15) is 213 Å². The van der Waals surface area contributed by atoms with E-state index in [1.165, 1.54) is 32.3 Å². The van der Waals surface area contributed by atoms with E-state index >= 15 is 0 Å². The summed E-state index contributed by atoms with van der Waals surface area (Å²) in [5.74, 6) is -6.02. The molecule has 710 valence electrons. The van der Waals surface area contributed by atoms with Gasteiger partial charge in [0.25, 0.3) is 11.1 Å². The fourth-order valence-electron chi connectivity index (χ4n) is 10.7. The number of aliphatic hydroxyl groups excluding tert-OH is 4. The fraction of sp³-hybridized carbons (Fsp3) is 0.430. The molecule has 0 saturated carbocycles. The highest BCUT2D eigenvalue weighted by atomic mass is 32.3. The number of aliphatic carboxylic acids is 3. The zero-order valence-electron chi connectivity index (χ0n) is 74.5. The summed E-state index contributed by atoms with van der Waals surface area (Å²) in [5.41, 5.74) is -3.61. The smallest absolute Gasteiger partial charge is 0.394 e. The first-order valence-corrected chi connectivity index (χ1v) is 41.2. The summed E-state index contributed by atoms with van der Waals surface area (Å²) in [5, 5.41) is 63.0. The number of thiophene rings is 2. The number of benzene rings is 5. The molecule has 0 saturated heterocycles. The number of aliphatic hydroxyl groups is 4. The summed E-state index contributed by atoms with van der Waals surface area (Å²) in [6, 6.07) is 45.5. The maximum Gasteiger partial charge on any atom is 0.394 e. The van der Waals surface area contributed by atoms with Crippen molar-refractivity contribution in [3.63, 3.8) is 0 Å². The van der Waals surface area contributed by atoms with Crippen LogP contribution in [-0.2, 0) is 85.2 Å². The lowest BCUT2D eigenvalue weighted by Gasteiger charge is -2.29. The molecule has 0 amide bonds. The van der Waals surface area contributed by atoms with Crippen molar-refractivity contribution >= 4 is 163 Å². The third-order valence-corrected chi connectivity index (χ3v) is 18.7. The predicted octanol–water partition coefficient (Wildman–Crippen LogP) is 12.8. The van der Waals surface area contributed by atoms with Crippen molar-refractivity contribution in [2.75, 3.05) is 39.6 Å². The third kappa shape index (κ3) is 40.3. The maximum atomic E-state index is 13.8. The predicted molar refractivity (Wildman–Crippen MR) is 512 cm³/mol. The lowest BCUT2D eigenvalue weighted by atomic mass is 10.1. The van der Waals surface area contributed by atoms with E-state index < -0.39 is 115 Å². The van der Waals surface area contributed by atoms with Gasteiger partial charge in [0.1, 0.15) is 42.7 Å². The van der Waals surface area contributed by atoms with Crippen LogP contribution in [0.4, 0.5) is 0 Å². The molecule has 0 radical (unpaired) electrons. The molecule has 5 aromatic carbocycles. The first-order valence-electron chi connectivity index (χ1n) is 38.2. The Bertz CT molecular complexity index is 5230. The Balaban J connectivity index is -0.000000729. The average Bonchev–Trinajstić information content (AvgIpc) is 1.62. The summed E-state index contributed by atoms with van der Waals surface area (Å²) in [6.45, 7) is 35.4. The summed E-state index contributed by atoms with van der Waals surface area (Å²) in [7, 11) is -4.67. The first-order chi connectivity index (χ1) is 56.7. The number of H-pyrrole nitrogens is 1. The Morgan fingerprint density at radius 3 is 1.11 bits per heavy atom. The van der Waals surface area contributed by atoms with E-state index in [2.05, 4.69) is 9.72 Å². The van der Waals surface area contributed by atoms with Crippen molar-refractivity contribution in [3.05, 3.63) is 242 Å². The highest BCUT2D eigenvalue weighted by Gasteiger charge is 2.38. The Morgan fingerprint density at radius 2 is 0.756 bits per heavy atom. The van der Waals surface area contributed by atoms with Gasteiger partial charge in [-0.15, -0.1) is 22.7 Å². The second-order valence-corrected chi connectivity index (χ2v) is 32.9. The normalized spacial score (nSPS) is 12.0. The number of rotatable bonds is 24. The molecule has 5 atom stereocenters. The number of nitrogens with zero attached hydrogens (tertiary/aromatic N) is 3. The Labute approximate surface area is 781 Å². The van der Waals surface area contributed by atoms with Gasteiger partial charge < -0.3 is 68.9 Å². The number of carboxylic acids is 3. The highest BCUT2D eigenvalue weighted by molar-refractivity contribution is 7.79. The van der Waals surface area contributed by atoms with Gasteiger partial charge in [-0.25, -0.2) is 52.3 Å². The monoisotopic (exact) mass is 1930 g/mol. The van der Waals surface area contributed by atoms with Crippen LogP contribution < -0.4 is 22.5 Å². The number of esters is 4. The molecule has 127 heavy (non-hydrogen) atoms. The van der Waals surface area contributed by atoms with Crippen LogP contribution in [0.15, 0.2) is 171 Å². The van der Waals surface area contributed by atoms with Crippen LogP contribution in [0.5, 0.6) is 0 Å². The molecule has 0 unspecified atom stereocenters. The van der Waals surface area contributed by atoms with E-state index in [0.717, 1.165) is 43.9 Å². The number of hydrogen-bond donors (Lipinski definition) is 10. The zero-order valence-corrected chi connectivity index (χ0v) is 82.0. The number of aromatic nitrogens is 4. The minimum Gasteiger partial charge on any atom is -0.480 e. The van der Waals surface area contributed by atoms with Crippen LogP contribution in [-0.4, -0.2) is 170 Å². The summed E-state index contributed by atoms with van der Waals surface area (Å²) < 4.78 is 71.9. The zero-order chi connectivity index (χ0) is 93.2. The largest absolute Gasteiger partial charge is 0.480 e. The summed E-state index contributed by atoms with van der Waals surface area (Å²) in [4.78, 5) is 137. The van der Waals surface area contributed by atoms with E-state index in [1.807, 2.05) is 159 Å². The Hall–Kier alpha value is -8.99. The number of aromatic amines is 1. The van der Waals surface area contributed by atoms with E-state index in [4.69, 9.17) is 61.3 Å². The maximum absolute atomic E-state index is 13.8. The lowest BCUT2D eigenvalue weighted by molar-refractivity contribution is -0.166. The van der Waals surface area contributed by atoms with E-state index in [0.29, 0.717) is 33.4 Å². The van der Waals surface area contributed by atoms with Crippen LogP contribution in [0.2, 0.25) is 0 Å². The van der Waals surface area contributed by atoms with Crippen LogP contribution in [0, 0.1) is 13.8 Å². The molecule has 10 N–H and O–H groups in total. The third-order valence-electron chi connectivity index (χ3n) is 16.2. The molecule has 33 nitrogen and oxygen atoms in total. The molecular weight excluding hydrogens is 1810 g/mol. The number of aryl methyl sites for hydroxylation is 2. The van der Waals surface area contributed by atoms with E-state index in [-0.39, 0.29) is 155 Å². The molecule has 9 aromatic rings. The van der Waals surface area contributed by atoms with Crippen molar-refractivity contribution in [1.82, 2.24) is 18.7 Å². The summed E-state index contributed by atoms with van der Waals surface area (Å²) >= 11 is 1.92. The van der Waals surface area contributed by atoms with Crippen LogP contribution in [0.3, 0.4) is 0 Å². The van der Waals surface area contributed by atoms with Crippen molar-refractivity contribution in [1.29, 1.82) is 0 Å². The summed E-state index contributed by atoms with van der Waals surface area (Å²) in [6.07, 6.45) is -4.05. The number of ether oxygens (including phenoxy) is 7. The molecule has 4 aromatic heterocycles. The number of nitrogens with one attached hydrogen (secondary N) is 1. The number of fused-ring (bicyclic) bond motifs is 2. The van der Waals surface area contributed by atoms with Gasteiger partial charge in [0, 0.05) is 6.61 Å². The van der Waals surface area contributed by atoms with E-state index in [9.17, 15) is 73.2 Å². The molecule has 41 heteroatoms. The van der Waals surface area contributed by atoms with Gasteiger partial charge in [-0.1, -0.05) is 152 Å². The van der Waals surface area contributed by atoms with Crippen molar-refractivity contribution in [2.45, 2.75) is 203 Å². The van der Waals surface area contributed by atoms with Crippen molar-refractivity contribution < 1.29 is 120 Å². The standard InChI is InChI=1S/C26H32N2O7S.C14H16N2O6S.C14H20O3.C12H18O2.C10H12O3.C8H8O3.C2H6O.H2O4S.5H2S/c1-8-34-22(30)19-15(2)18-20(29)28(26(6,7)23(31)32)24(33)27(21(18)36-19)14-17(35-25(3,4)5)16-12-10-9-11-13-16;1-5-22-11(18)8-6(2)7-9(23-8)15-13(21)16(10(7)17)14(3,4)12(19)20;1-5-16-13(15)12(17-14(2,3)4)11-9-7-6-8-10-11;1-12(2,3)14-11(9-13)10-7-5-4-6-8-10;1-2-13-10(12)9(11)8-6-4-3-5-7-8;9-7(8(10)11)6-4-2-1-3-5-6;1-2-3;1-5(2,3)4;;;;;/h9-13,17H,8,14H2,1-7H3,(H,31,32);5H2,1-4H3,(H,15,21)(H,19,20);6-10,12H,5H2,1-4H3;4-8,11,13H,9H2,1-3H3;3-7,9,11H,2H2,1H3;1-5,7,9H,(H,10,11);3H,2H2,1H3;(H2,1,2,3,4);5*1H2/t17-;;12-;11-;9-;7-;;;;;;;/m1.0100......./s1. The second-order valence-electron chi connectivity index (χ2n) is 30.0. The number of carbonyl (C=O) groups is 7. The Kier molecular flexibility index (Phi) is 56.6. The molecule has 0 bridgehead atoms. The van der Waals surface area contributed by atoms with Gasteiger partial charge in [0.05, 0.1) is 67.2 Å². The SMILES string of the molecule is CC(C)(C)O[C@H](CO)c1ccccc1.CCO.CCOC(=O)[C@@H](O)c1ccccc1.CCOC(=O)[C@@H](OC(C)(C)C)c1ccccc1.CCOC(=O)c1sc2[nH]c(=O)n(C(C)(C)C(=O)O)c(=O)c2c1C.CCOC(=O)c1sc2c(c1C)c(=O)n(C(C)(C)C(=O)O)c(=O)n2C[C@@H](OC(C)(C)C)c1ccccc1.O=C(O)[C@@H](O)c1ccccc1.O=S(=O)(O)O.S.S.S.S.S. The quantitative estimate of drug-likeness (QED) is 0.0153. The van der Waals surface area contributed by atoms with Crippen LogP contribution in [0.25, 0.3) is 20.4 Å². The number of carboxylic acid groups (broad SMARTS) is 3. The molecule has 0 aliphatic carbocycles. The molecule has 0 spiro atoms. The van der Waals surface area contributed by atoms with Gasteiger partial charge in [0.15, 0.2) is 18.3 Å². The molecule has 0 fully saturated rings. The minimum absolute atomic E-state index is 0.